The zero-order valence-corrected chi connectivity index (χ0v) is 11.2. The summed E-state index contributed by atoms with van der Waals surface area (Å²) in [5, 5.41) is 3.09. The molecule has 18 heavy (non-hydrogen) atoms. The fraction of sp³-hybridized carbons (Fsp3) is 0.308. The van der Waals surface area contributed by atoms with Crippen molar-refractivity contribution >= 4 is 17.5 Å². The van der Waals surface area contributed by atoms with E-state index in [1.165, 1.54) is 14.2 Å². The third kappa shape index (κ3) is 3.40. The topological polar surface area (TPSA) is 47.6 Å². The van der Waals surface area contributed by atoms with Crippen molar-refractivity contribution in [3.05, 3.63) is 35.4 Å². The Kier molecular flexibility index (Phi) is 5.52. The normalized spacial score (nSPS) is 9.72. The molecule has 4 nitrogen and oxygen atoms in total. The zero-order chi connectivity index (χ0) is 13.5. The van der Waals surface area contributed by atoms with Crippen LogP contribution in [-0.4, -0.2) is 26.7 Å². The van der Waals surface area contributed by atoms with Crippen LogP contribution >= 0.6 is 11.6 Å². The molecule has 0 saturated heterocycles. The predicted molar refractivity (Wildman–Crippen MR) is 71.7 cm³/mol. The van der Waals surface area contributed by atoms with Gasteiger partial charge in [-0.1, -0.05) is 17.7 Å². The molecule has 0 fully saturated rings. The Balaban J connectivity index is 2.93. The van der Waals surface area contributed by atoms with Gasteiger partial charge in [0.25, 0.3) is 5.91 Å². The van der Waals surface area contributed by atoms with Crippen molar-refractivity contribution in [2.24, 2.45) is 0 Å². The van der Waals surface area contributed by atoms with Gasteiger partial charge in [-0.2, -0.15) is 0 Å². The van der Waals surface area contributed by atoms with Crippen LogP contribution in [0.15, 0.2) is 24.8 Å². The maximum absolute atomic E-state index is 11.8. The summed E-state index contributed by atoms with van der Waals surface area (Å²) in [6.45, 7) is 4.12. The Labute approximate surface area is 112 Å². The fourth-order valence-electron chi connectivity index (χ4n) is 1.44. The molecule has 0 aliphatic rings. The number of amides is 1. The first kappa shape index (κ1) is 14.4. The van der Waals surface area contributed by atoms with Crippen LogP contribution < -0.4 is 14.8 Å². The minimum atomic E-state index is -0.209. The highest BCUT2D eigenvalue weighted by atomic mass is 35.5. The van der Waals surface area contributed by atoms with E-state index in [-0.39, 0.29) is 5.91 Å². The Morgan fingerprint density at radius 1 is 1.44 bits per heavy atom. The van der Waals surface area contributed by atoms with E-state index in [1.54, 1.807) is 18.2 Å². The number of rotatable bonds is 6. The van der Waals surface area contributed by atoms with Crippen LogP contribution in [0, 0.1) is 0 Å². The molecule has 1 rings (SSSR count). The standard InChI is InChI=1S/C13H16ClNO3/c1-4-5-6-15-13(16)9-7-10(14)12(18-3)11(8-9)17-2/h4,7-8H,1,5-6H2,2-3H3,(H,15,16). The average Bonchev–Trinajstić information content (AvgIpc) is 2.37. The molecule has 0 radical (unpaired) electrons. The van der Waals surface area contributed by atoms with E-state index in [9.17, 15) is 4.79 Å². The predicted octanol–water partition coefficient (Wildman–Crippen LogP) is 2.66. The summed E-state index contributed by atoms with van der Waals surface area (Å²) in [4.78, 5) is 11.8. The number of hydrogen-bond donors (Lipinski definition) is 1. The molecule has 98 valence electrons. The number of methoxy groups -OCH3 is 2. The molecule has 1 N–H and O–H groups in total. The maximum atomic E-state index is 11.8. The summed E-state index contributed by atoms with van der Waals surface area (Å²) in [5.41, 5.74) is 0.432. The lowest BCUT2D eigenvalue weighted by molar-refractivity contribution is 0.0954. The Morgan fingerprint density at radius 3 is 2.72 bits per heavy atom. The van der Waals surface area contributed by atoms with Crippen molar-refractivity contribution in [1.29, 1.82) is 0 Å². The second-order valence-corrected chi connectivity index (χ2v) is 3.93. The second-order valence-electron chi connectivity index (χ2n) is 3.53. The summed E-state index contributed by atoms with van der Waals surface area (Å²) >= 11 is 6.02. The molecule has 0 aromatic heterocycles. The number of carbonyl (C=O) groups is 1. The molecule has 0 saturated carbocycles. The fourth-order valence-corrected chi connectivity index (χ4v) is 1.73. The van der Waals surface area contributed by atoms with Gasteiger partial charge in [-0.3, -0.25) is 4.79 Å². The molecule has 0 aliphatic carbocycles. The first-order valence-electron chi connectivity index (χ1n) is 5.44. The monoisotopic (exact) mass is 269 g/mol. The molecular weight excluding hydrogens is 254 g/mol. The largest absolute Gasteiger partial charge is 0.493 e. The highest BCUT2D eigenvalue weighted by molar-refractivity contribution is 6.32. The van der Waals surface area contributed by atoms with Gasteiger partial charge in [0.2, 0.25) is 0 Å². The van der Waals surface area contributed by atoms with E-state index in [0.29, 0.717) is 35.1 Å². The number of carbonyl (C=O) groups excluding carboxylic acids is 1. The highest BCUT2D eigenvalue weighted by Crippen LogP contribution is 2.35. The summed E-state index contributed by atoms with van der Waals surface area (Å²) in [6, 6.07) is 3.14. The van der Waals surface area contributed by atoms with Gasteiger partial charge in [-0.05, 0) is 18.6 Å². The third-order valence-electron chi connectivity index (χ3n) is 2.33. The van der Waals surface area contributed by atoms with Gasteiger partial charge in [0.05, 0.1) is 19.2 Å². The van der Waals surface area contributed by atoms with Gasteiger partial charge >= 0.3 is 0 Å². The summed E-state index contributed by atoms with van der Waals surface area (Å²) in [6.07, 6.45) is 2.45. The van der Waals surface area contributed by atoms with Crippen molar-refractivity contribution in [3.8, 4) is 11.5 Å². The van der Waals surface area contributed by atoms with Crippen LogP contribution in [0.3, 0.4) is 0 Å². The van der Waals surface area contributed by atoms with Crippen LogP contribution in [-0.2, 0) is 0 Å². The lowest BCUT2D eigenvalue weighted by Gasteiger charge is -2.11. The Morgan fingerprint density at radius 2 is 2.17 bits per heavy atom. The summed E-state index contributed by atoms with van der Waals surface area (Å²) in [5.74, 6) is 0.639. The summed E-state index contributed by atoms with van der Waals surface area (Å²) in [7, 11) is 2.99. The quantitative estimate of drug-likeness (QED) is 0.638. The average molecular weight is 270 g/mol. The molecule has 0 heterocycles. The molecule has 0 spiro atoms. The van der Waals surface area contributed by atoms with E-state index in [4.69, 9.17) is 21.1 Å². The van der Waals surface area contributed by atoms with E-state index in [0.717, 1.165) is 0 Å². The molecule has 1 amide bonds. The molecular formula is C13H16ClNO3. The first-order chi connectivity index (χ1) is 8.63. The van der Waals surface area contributed by atoms with Crippen LogP contribution in [0.4, 0.5) is 0 Å². The Hall–Kier alpha value is -1.68. The van der Waals surface area contributed by atoms with E-state index in [1.807, 2.05) is 0 Å². The molecule has 0 atom stereocenters. The van der Waals surface area contributed by atoms with Gasteiger partial charge in [-0.25, -0.2) is 0 Å². The van der Waals surface area contributed by atoms with Gasteiger partial charge in [0.15, 0.2) is 11.5 Å². The lowest BCUT2D eigenvalue weighted by atomic mass is 10.2. The SMILES string of the molecule is C=CCCNC(=O)c1cc(Cl)c(OC)c(OC)c1. The second kappa shape index (κ2) is 6.91. The van der Waals surface area contributed by atoms with Crippen molar-refractivity contribution in [2.75, 3.05) is 20.8 Å². The number of ether oxygens (including phenoxy) is 2. The molecule has 1 aromatic carbocycles. The molecule has 5 heteroatoms. The minimum Gasteiger partial charge on any atom is -0.493 e. The van der Waals surface area contributed by atoms with Gasteiger partial charge in [0.1, 0.15) is 0 Å². The molecule has 0 aliphatic heterocycles. The number of benzene rings is 1. The Bertz CT molecular complexity index is 446. The van der Waals surface area contributed by atoms with E-state index in [2.05, 4.69) is 11.9 Å². The maximum Gasteiger partial charge on any atom is 0.251 e. The third-order valence-corrected chi connectivity index (χ3v) is 2.61. The lowest BCUT2D eigenvalue weighted by Crippen LogP contribution is -2.24. The van der Waals surface area contributed by atoms with Crippen molar-refractivity contribution in [1.82, 2.24) is 5.32 Å². The molecule has 0 unspecified atom stereocenters. The van der Waals surface area contributed by atoms with Crippen LogP contribution in [0.1, 0.15) is 16.8 Å². The van der Waals surface area contributed by atoms with Crippen molar-refractivity contribution in [2.45, 2.75) is 6.42 Å². The van der Waals surface area contributed by atoms with E-state index >= 15 is 0 Å². The first-order valence-corrected chi connectivity index (χ1v) is 5.82. The van der Waals surface area contributed by atoms with Crippen molar-refractivity contribution in [3.63, 3.8) is 0 Å². The van der Waals surface area contributed by atoms with Crippen LogP contribution in [0.25, 0.3) is 0 Å². The number of halogens is 1. The minimum absolute atomic E-state index is 0.209. The van der Waals surface area contributed by atoms with Gasteiger partial charge in [0, 0.05) is 12.1 Å². The number of nitrogens with one attached hydrogen (secondary N) is 1. The molecule has 0 bridgehead atoms. The number of hydrogen-bond acceptors (Lipinski definition) is 3. The highest BCUT2D eigenvalue weighted by Gasteiger charge is 2.14. The van der Waals surface area contributed by atoms with Crippen LogP contribution in [0.5, 0.6) is 11.5 Å². The van der Waals surface area contributed by atoms with Crippen LogP contribution in [0.2, 0.25) is 5.02 Å². The van der Waals surface area contributed by atoms with Crippen molar-refractivity contribution < 1.29 is 14.3 Å². The van der Waals surface area contributed by atoms with Gasteiger partial charge in [-0.15, -0.1) is 6.58 Å². The molecule has 1 aromatic rings. The zero-order valence-electron chi connectivity index (χ0n) is 10.5. The summed E-state index contributed by atoms with van der Waals surface area (Å²) < 4.78 is 10.2. The smallest absolute Gasteiger partial charge is 0.251 e. The van der Waals surface area contributed by atoms with Gasteiger partial charge < -0.3 is 14.8 Å². The van der Waals surface area contributed by atoms with E-state index < -0.39 is 0 Å².